The van der Waals surface area contributed by atoms with E-state index in [-0.39, 0.29) is 5.56 Å². The molecule has 0 radical (unpaired) electrons. The molecule has 2 aromatic carbocycles. The van der Waals surface area contributed by atoms with Gasteiger partial charge in [-0.05, 0) is 37.1 Å². The highest BCUT2D eigenvalue weighted by atomic mass is 35.5. The first-order chi connectivity index (χ1) is 9.40. The highest BCUT2D eigenvalue weighted by Crippen LogP contribution is 2.33. The first kappa shape index (κ1) is 14.2. The maximum Gasteiger partial charge on any atom is 0.250 e. The van der Waals surface area contributed by atoms with Crippen LogP contribution in [-0.2, 0) is 0 Å². The minimum absolute atomic E-state index is 0.276. The normalized spacial score (nSPS) is 10.3. The van der Waals surface area contributed by atoms with Crippen molar-refractivity contribution in [2.45, 2.75) is 13.8 Å². The summed E-state index contributed by atoms with van der Waals surface area (Å²) in [4.78, 5) is 11.6. The van der Waals surface area contributed by atoms with Crippen molar-refractivity contribution < 1.29 is 4.79 Å². The van der Waals surface area contributed by atoms with E-state index in [0.29, 0.717) is 16.4 Å². The van der Waals surface area contributed by atoms with E-state index in [0.717, 1.165) is 16.8 Å². The number of nitrogens with two attached hydrogens (primary N) is 2. The fraction of sp³-hybridized carbons (Fsp3) is 0.133. The maximum atomic E-state index is 11.6. The molecule has 2 rings (SSSR count). The zero-order valence-electron chi connectivity index (χ0n) is 11.3. The maximum absolute atomic E-state index is 11.6. The van der Waals surface area contributed by atoms with Crippen LogP contribution >= 0.6 is 11.6 Å². The Balaban J connectivity index is 2.56. The third-order valence-corrected chi connectivity index (χ3v) is 3.41. The number of aryl methyl sites for hydroxylation is 2. The molecule has 0 saturated heterocycles. The number of hydrogen-bond donors (Lipinski definition) is 3. The Kier molecular flexibility index (Phi) is 3.86. The molecule has 0 fully saturated rings. The Bertz CT molecular complexity index is 663. The van der Waals surface area contributed by atoms with Gasteiger partial charge >= 0.3 is 0 Å². The second kappa shape index (κ2) is 5.43. The molecule has 0 spiro atoms. The van der Waals surface area contributed by atoms with Crippen LogP contribution in [0.5, 0.6) is 0 Å². The van der Waals surface area contributed by atoms with E-state index in [9.17, 15) is 4.79 Å². The first-order valence-electron chi connectivity index (χ1n) is 6.12. The van der Waals surface area contributed by atoms with Gasteiger partial charge < -0.3 is 16.8 Å². The molecule has 0 aliphatic rings. The van der Waals surface area contributed by atoms with E-state index in [1.807, 2.05) is 32.0 Å². The fourth-order valence-corrected chi connectivity index (χ4v) is 2.36. The summed E-state index contributed by atoms with van der Waals surface area (Å²) in [6.45, 7) is 3.95. The molecule has 20 heavy (non-hydrogen) atoms. The molecule has 5 N–H and O–H groups in total. The monoisotopic (exact) mass is 289 g/mol. The highest BCUT2D eigenvalue weighted by Gasteiger charge is 2.15. The predicted octanol–water partition coefficient (Wildman–Crippen LogP) is 3.38. The molecule has 0 aliphatic carbocycles. The molecule has 0 heterocycles. The van der Waals surface area contributed by atoms with Crippen LogP contribution in [0.1, 0.15) is 21.5 Å². The molecule has 0 unspecified atom stereocenters. The second-order valence-electron chi connectivity index (χ2n) is 4.68. The third kappa shape index (κ3) is 2.70. The van der Waals surface area contributed by atoms with Crippen LogP contribution < -0.4 is 16.8 Å². The van der Waals surface area contributed by atoms with Crippen molar-refractivity contribution in [2.75, 3.05) is 11.1 Å². The number of hydrogen-bond acceptors (Lipinski definition) is 3. The molecule has 104 valence electrons. The van der Waals surface area contributed by atoms with Crippen LogP contribution in [0.15, 0.2) is 30.3 Å². The van der Waals surface area contributed by atoms with E-state index < -0.39 is 5.91 Å². The Labute approximate surface area is 122 Å². The Morgan fingerprint density at radius 2 is 1.75 bits per heavy atom. The smallest absolute Gasteiger partial charge is 0.250 e. The number of anilines is 3. The molecule has 2 aromatic rings. The molecular formula is C15H16ClN3O. The van der Waals surface area contributed by atoms with Crippen LogP contribution in [0.3, 0.4) is 0 Å². The average Bonchev–Trinajstić information content (AvgIpc) is 2.35. The second-order valence-corrected chi connectivity index (χ2v) is 5.09. The number of halogens is 1. The minimum atomic E-state index is -0.576. The van der Waals surface area contributed by atoms with Crippen LogP contribution in [0.4, 0.5) is 17.1 Å². The van der Waals surface area contributed by atoms with Gasteiger partial charge in [0.25, 0.3) is 5.91 Å². The number of rotatable bonds is 3. The SMILES string of the molecule is Cc1cccc(C)c1Nc1c(Cl)cc(N)cc1C(N)=O. The number of nitrogens with one attached hydrogen (secondary N) is 1. The van der Waals surface area contributed by atoms with E-state index in [1.54, 1.807) is 6.07 Å². The van der Waals surface area contributed by atoms with Crippen LogP contribution in [0.2, 0.25) is 5.02 Å². The third-order valence-electron chi connectivity index (χ3n) is 3.11. The summed E-state index contributed by atoms with van der Waals surface area (Å²) in [5.41, 5.74) is 15.2. The molecule has 5 heteroatoms. The predicted molar refractivity (Wildman–Crippen MR) is 83.6 cm³/mol. The number of nitrogen functional groups attached to an aromatic ring is 1. The van der Waals surface area contributed by atoms with Crippen molar-refractivity contribution >= 4 is 34.6 Å². The lowest BCUT2D eigenvalue weighted by molar-refractivity contribution is 0.100. The number of primary amides is 1. The Morgan fingerprint density at radius 1 is 1.15 bits per heavy atom. The quantitative estimate of drug-likeness (QED) is 0.758. The molecule has 0 aliphatic heterocycles. The van der Waals surface area contributed by atoms with Gasteiger partial charge in [0.15, 0.2) is 0 Å². The van der Waals surface area contributed by atoms with Gasteiger partial charge in [0.2, 0.25) is 0 Å². The molecule has 0 bridgehead atoms. The molecule has 0 saturated carbocycles. The first-order valence-corrected chi connectivity index (χ1v) is 6.50. The summed E-state index contributed by atoms with van der Waals surface area (Å²) in [5, 5.41) is 3.56. The summed E-state index contributed by atoms with van der Waals surface area (Å²) < 4.78 is 0. The number of carbonyl (C=O) groups excluding carboxylic acids is 1. The summed E-state index contributed by atoms with van der Waals surface area (Å²) in [5.74, 6) is -0.576. The molecule has 0 aromatic heterocycles. The van der Waals surface area contributed by atoms with Gasteiger partial charge in [-0.2, -0.15) is 0 Å². The summed E-state index contributed by atoms with van der Waals surface area (Å²) in [6.07, 6.45) is 0. The summed E-state index contributed by atoms with van der Waals surface area (Å²) in [7, 11) is 0. The van der Waals surface area contributed by atoms with E-state index >= 15 is 0 Å². The van der Waals surface area contributed by atoms with Gasteiger partial charge in [-0.1, -0.05) is 29.8 Å². The van der Waals surface area contributed by atoms with Gasteiger partial charge in [0.1, 0.15) is 0 Å². The molecule has 0 atom stereocenters. The van der Waals surface area contributed by atoms with Gasteiger partial charge in [-0.25, -0.2) is 0 Å². The fourth-order valence-electron chi connectivity index (χ4n) is 2.09. The summed E-state index contributed by atoms with van der Waals surface area (Å²) in [6, 6.07) is 9.03. The lowest BCUT2D eigenvalue weighted by Gasteiger charge is -2.16. The minimum Gasteiger partial charge on any atom is -0.399 e. The van der Waals surface area contributed by atoms with Crippen molar-refractivity contribution in [2.24, 2.45) is 5.73 Å². The standard InChI is InChI=1S/C15H16ClN3O/c1-8-4-3-5-9(2)13(8)19-14-11(15(18)20)6-10(17)7-12(14)16/h3-7,19H,17H2,1-2H3,(H2,18,20). The van der Waals surface area contributed by atoms with Gasteiger partial charge in [-0.15, -0.1) is 0 Å². The van der Waals surface area contributed by atoms with Gasteiger partial charge in [0, 0.05) is 11.4 Å². The topological polar surface area (TPSA) is 81.1 Å². The van der Waals surface area contributed by atoms with E-state index in [4.69, 9.17) is 23.1 Å². The summed E-state index contributed by atoms with van der Waals surface area (Å²) >= 11 is 6.18. The lowest BCUT2D eigenvalue weighted by atomic mass is 10.1. The number of benzene rings is 2. The molecular weight excluding hydrogens is 274 g/mol. The number of carbonyl (C=O) groups is 1. The number of amides is 1. The highest BCUT2D eigenvalue weighted by molar-refractivity contribution is 6.34. The van der Waals surface area contributed by atoms with Crippen molar-refractivity contribution in [1.82, 2.24) is 0 Å². The van der Waals surface area contributed by atoms with Crippen molar-refractivity contribution in [3.8, 4) is 0 Å². The Hall–Kier alpha value is -2.20. The largest absolute Gasteiger partial charge is 0.399 e. The van der Waals surface area contributed by atoms with Gasteiger partial charge in [0.05, 0.1) is 16.3 Å². The number of para-hydroxylation sites is 1. The van der Waals surface area contributed by atoms with Crippen LogP contribution in [0.25, 0.3) is 0 Å². The van der Waals surface area contributed by atoms with Crippen LogP contribution in [-0.4, -0.2) is 5.91 Å². The molecule has 1 amide bonds. The molecule has 4 nitrogen and oxygen atoms in total. The van der Waals surface area contributed by atoms with Crippen LogP contribution in [0, 0.1) is 13.8 Å². The zero-order chi connectivity index (χ0) is 14.9. The Morgan fingerprint density at radius 3 is 2.30 bits per heavy atom. The zero-order valence-corrected chi connectivity index (χ0v) is 12.1. The van der Waals surface area contributed by atoms with Crippen molar-refractivity contribution in [3.63, 3.8) is 0 Å². The van der Waals surface area contributed by atoms with Crippen molar-refractivity contribution in [1.29, 1.82) is 0 Å². The average molecular weight is 290 g/mol. The van der Waals surface area contributed by atoms with Gasteiger partial charge in [-0.3, -0.25) is 4.79 Å². The van der Waals surface area contributed by atoms with E-state index in [2.05, 4.69) is 5.32 Å². The van der Waals surface area contributed by atoms with E-state index in [1.165, 1.54) is 6.07 Å². The lowest BCUT2D eigenvalue weighted by Crippen LogP contribution is -2.14. The van der Waals surface area contributed by atoms with Crippen molar-refractivity contribution in [3.05, 3.63) is 52.0 Å².